The Bertz CT molecular complexity index is 578. The molecule has 1 aromatic rings. The minimum absolute atomic E-state index is 0.121. The second-order valence-electron chi connectivity index (χ2n) is 7.87. The summed E-state index contributed by atoms with van der Waals surface area (Å²) in [6.07, 6.45) is 4.02. The van der Waals surface area contributed by atoms with E-state index < -0.39 is 0 Å². The van der Waals surface area contributed by atoms with E-state index in [9.17, 15) is 4.79 Å². The van der Waals surface area contributed by atoms with Gasteiger partial charge >= 0.3 is 6.09 Å². The van der Waals surface area contributed by atoms with Crippen molar-refractivity contribution in [2.24, 2.45) is 5.92 Å². The summed E-state index contributed by atoms with van der Waals surface area (Å²) < 4.78 is 5.86. The van der Waals surface area contributed by atoms with E-state index in [2.05, 4.69) is 34.5 Å². The van der Waals surface area contributed by atoms with Crippen LogP contribution in [0.1, 0.15) is 24.8 Å². The van der Waals surface area contributed by atoms with Crippen molar-refractivity contribution in [3.05, 3.63) is 35.9 Å². The molecule has 136 valence electrons. The van der Waals surface area contributed by atoms with E-state index in [1.54, 1.807) is 0 Å². The van der Waals surface area contributed by atoms with Crippen LogP contribution in [-0.4, -0.2) is 67.3 Å². The lowest BCUT2D eigenvalue weighted by atomic mass is 9.90. The molecule has 1 amide bonds. The number of ether oxygens (including phenoxy) is 1. The van der Waals surface area contributed by atoms with Gasteiger partial charge in [-0.25, -0.2) is 4.79 Å². The molecule has 3 fully saturated rings. The molecule has 3 saturated heterocycles. The highest BCUT2D eigenvalue weighted by atomic mass is 16.6. The van der Waals surface area contributed by atoms with Crippen molar-refractivity contribution < 1.29 is 9.53 Å². The summed E-state index contributed by atoms with van der Waals surface area (Å²) in [5, 5.41) is 3.45. The maximum absolute atomic E-state index is 12.3. The zero-order valence-corrected chi connectivity index (χ0v) is 15.0. The van der Waals surface area contributed by atoms with Crippen molar-refractivity contribution in [1.29, 1.82) is 0 Å². The van der Waals surface area contributed by atoms with Gasteiger partial charge in [0.2, 0.25) is 0 Å². The predicted molar refractivity (Wildman–Crippen MR) is 97.6 cm³/mol. The van der Waals surface area contributed by atoms with Crippen molar-refractivity contribution >= 4 is 6.09 Å². The number of nitrogens with zero attached hydrogens (tertiary/aromatic N) is 2. The van der Waals surface area contributed by atoms with Crippen LogP contribution >= 0.6 is 0 Å². The fourth-order valence-electron chi connectivity index (χ4n) is 4.41. The fraction of sp³-hybridized carbons (Fsp3) is 0.650. The van der Waals surface area contributed by atoms with E-state index in [-0.39, 0.29) is 11.7 Å². The Hall–Kier alpha value is -1.59. The SMILES string of the molecule is O=C1OC2(CCN(CC3CCNC3)CC2)CN1CCc1ccccc1. The van der Waals surface area contributed by atoms with Gasteiger partial charge in [-0.3, -0.25) is 0 Å². The quantitative estimate of drug-likeness (QED) is 0.890. The van der Waals surface area contributed by atoms with Crippen LogP contribution in [0.5, 0.6) is 0 Å². The third-order valence-electron chi connectivity index (χ3n) is 6.00. The van der Waals surface area contributed by atoms with Gasteiger partial charge in [0.1, 0.15) is 5.60 Å². The molecule has 0 saturated carbocycles. The normalized spacial score (nSPS) is 26.3. The first-order valence-electron chi connectivity index (χ1n) is 9.67. The molecule has 25 heavy (non-hydrogen) atoms. The lowest BCUT2D eigenvalue weighted by molar-refractivity contribution is -0.00208. The van der Waals surface area contributed by atoms with Gasteiger partial charge in [0.15, 0.2) is 0 Å². The third-order valence-corrected chi connectivity index (χ3v) is 6.00. The Labute approximate surface area is 150 Å². The zero-order chi connectivity index (χ0) is 17.1. The number of nitrogens with one attached hydrogen (secondary N) is 1. The lowest BCUT2D eigenvalue weighted by Gasteiger charge is -2.38. The minimum Gasteiger partial charge on any atom is -0.441 e. The summed E-state index contributed by atoms with van der Waals surface area (Å²) in [4.78, 5) is 16.8. The van der Waals surface area contributed by atoms with Crippen LogP contribution in [0.2, 0.25) is 0 Å². The fourth-order valence-corrected chi connectivity index (χ4v) is 4.41. The molecule has 1 N–H and O–H groups in total. The molecule has 0 aromatic heterocycles. The van der Waals surface area contributed by atoms with Gasteiger partial charge in [0.25, 0.3) is 0 Å². The molecule has 3 aliphatic heterocycles. The van der Waals surface area contributed by atoms with Gasteiger partial charge in [-0.05, 0) is 37.4 Å². The highest BCUT2D eigenvalue weighted by molar-refractivity contribution is 5.70. The van der Waals surface area contributed by atoms with E-state index in [4.69, 9.17) is 4.74 Å². The van der Waals surface area contributed by atoms with Gasteiger partial charge in [-0.2, -0.15) is 0 Å². The first-order valence-corrected chi connectivity index (χ1v) is 9.67. The maximum Gasteiger partial charge on any atom is 0.410 e. The first-order chi connectivity index (χ1) is 12.2. The number of amides is 1. The maximum atomic E-state index is 12.3. The highest BCUT2D eigenvalue weighted by Gasteiger charge is 2.46. The molecular formula is C20H29N3O2. The highest BCUT2D eigenvalue weighted by Crippen LogP contribution is 2.33. The van der Waals surface area contributed by atoms with Gasteiger partial charge in [-0.15, -0.1) is 0 Å². The number of rotatable bonds is 5. The average Bonchev–Trinajstić information content (AvgIpc) is 3.24. The topological polar surface area (TPSA) is 44.8 Å². The van der Waals surface area contributed by atoms with Crippen LogP contribution in [-0.2, 0) is 11.2 Å². The zero-order valence-electron chi connectivity index (χ0n) is 15.0. The largest absolute Gasteiger partial charge is 0.441 e. The molecule has 0 radical (unpaired) electrons. The second kappa shape index (κ2) is 7.34. The monoisotopic (exact) mass is 343 g/mol. The Morgan fingerprint density at radius 3 is 2.72 bits per heavy atom. The summed E-state index contributed by atoms with van der Waals surface area (Å²) in [5.74, 6) is 0.794. The Morgan fingerprint density at radius 2 is 2.00 bits per heavy atom. The summed E-state index contributed by atoms with van der Waals surface area (Å²) in [5.41, 5.74) is 1.04. The smallest absolute Gasteiger partial charge is 0.410 e. The molecule has 3 heterocycles. The number of hydrogen-bond acceptors (Lipinski definition) is 4. The number of carbonyl (C=O) groups excluding carboxylic acids is 1. The van der Waals surface area contributed by atoms with Gasteiger partial charge < -0.3 is 19.9 Å². The molecule has 5 heteroatoms. The van der Waals surface area contributed by atoms with Crippen molar-refractivity contribution in [1.82, 2.24) is 15.1 Å². The van der Waals surface area contributed by atoms with Crippen LogP contribution in [0.25, 0.3) is 0 Å². The average molecular weight is 343 g/mol. The number of benzene rings is 1. The molecule has 0 aliphatic carbocycles. The van der Waals surface area contributed by atoms with Crippen LogP contribution in [0, 0.1) is 5.92 Å². The van der Waals surface area contributed by atoms with E-state index in [0.717, 1.165) is 64.4 Å². The van der Waals surface area contributed by atoms with E-state index in [1.807, 2.05) is 11.0 Å². The van der Waals surface area contributed by atoms with Crippen molar-refractivity contribution in [3.8, 4) is 0 Å². The van der Waals surface area contributed by atoms with Crippen LogP contribution in [0.15, 0.2) is 30.3 Å². The van der Waals surface area contributed by atoms with Crippen LogP contribution in [0.4, 0.5) is 4.79 Å². The predicted octanol–water partition coefficient (Wildman–Crippen LogP) is 2.13. The molecule has 1 unspecified atom stereocenters. The summed E-state index contributed by atoms with van der Waals surface area (Å²) in [6.45, 7) is 7.13. The number of piperidine rings is 1. The molecule has 1 spiro atoms. The number of carbonyl (C=O) groups is 1. The Balaban J connectivity index is 1.27. The molecule has 1 atom stereocenters. The number of likely N-dealkylation sites (tertiary alicyclic amines) is 1. The molecule has 5 nitrogen and oxygen atoms in total. The van der Waals surface area contributed by atoms with Crippen molar-refractivity contribution in [2.45, 2.75) is 31.3 Å². The van der Waals surface area contributed by atoms with E-state index >= 15 is 0 Å². The summed E-state index contributed by atoms with van der Waals surface area (Å²) in [7, 11) is 0. The van der Waals surface area contributed by atoms with Gasteiger partial charge in [0, 0.05) is 39.0 Å². The van der Waals surface area contributed by atoms with E-state index in [0.29, 0.717) is 0 Å². The molecule has 0 bridgehead atoms. The summed E-state index contributed by atoms with van der Waals surface area (Å²) >= 11 is 0. The standard InChI is InChI=1S/C20H29N3O2/c24-19-23(11-7-17-4-2-1-3-5-17)16-20(25-19)8-12-22(13-9-20)15-18-6-10-21-14-18/h1-5,18,21H,6-16H2. The Morgan fingerprint density at radius 1 is 1.20 bits per heavy atom. The van der Waals surface area contributed by atoms with E-state index in [1.165, 1.54) is 18.5 Å². The van der Waals surface area contributed by atoms with Gasteiger partial charge in [0.05, 0.1) is 6.54 Å². The molecule has 3 aliphatic rings. The van der Waals surface area contributed by atoms with Crippen molar-refractivity contribution in [2.75, 3.05) is 45.8 Å². The second-order valence-corrected chi connectivity index (χ2v) is 7.87. The third kappa shape index (κ3) is 3.98. The summed E-state index contributed by atoms with van der Waals surface area (Å²) in [6, 6.07) is 10.4. The lowest BCUT2D eigenvalue weighted by Crippen LogP contribution is -2.48. The molecule has 4 rings (SSSR count). The van der Waals surface area contributed by atoms with Crippen molar-refractivity contribution in [3.63, 3.8) is 0 Å². The molecule has 1 aromatic carbocycles. The van der Waals surface area contributed by atoms with Crippen LogP contribution < -0.4 is 5.32 Å². The molecular weight excluding hydrogens is 314 g/mol. The van der Waals surface area contributed by atoms with Gasteiger partial charge in [-0.1, -0.05) is 30.3 Å². The number of hydrogen-bond donors (Lipinski definition) is 1. The van der Waals surface area contributed by atoms with Crippen LogP contribution in [0.3, 0.4) is 0 Å². The Kier molecular flexibility index (Phi) is 4.95. The first kappa shape index (κ1) is 16.9. The minimum atomic E-state index is -0.238.